The number of hydrogen-bond donors (Lipinski definition) is 0. The molecule has 4 heteroatoms. The van der Waals surface area contributed by atoms with Gasteiger partial charge in [0, 0.05) is 19.1 Å². The molecular weight excluding hydrogens is 216 g/mol. The Morgan fingerprint density at radius 3 is 2.76 bits per heavy atom. The number of esters is 1. The van der Waals surface area contributed by atoms with Gasteiger partial charge in [-0.1, -0.05) is 6.92 Å². The van der Waals surface area contributed by atoms with E-state index in [1.165, 1.54) is 6.42 Å². The molecule has 1 unspecified atom stereocenters. The third kappa shape index (κ3) is 5.04. The van der Waals surface area contributed by atoms with E-state index in [1.807, 2.05) is 6.92 Å². The molecule has 100 valence electrons. The fourth-order valence-corrected chi connectivity index (χ4v) is 2.44. The van der Waals surface area contributed by atoms with Gasteiger partial charge in [0.2, 0.25) is 0 Å². The molecule has 17 heavy (non-hydrogen) atoms. The van der Waals surface area contributed by atoms with Crippen molar-refractivity contribution in [2.45, 2.75) is 39.2 Å². The van der Waals surface area contributed by atoms with Crippen LogP contribution in [0, 0.1) is 0 Å². The molecule has 0 aromatic heterocycles. The van der Waals surface area contributed by atoms with Crippen LogP contribution in [0.25, 0.3) is 0 Å². The summed E-state index contributed by atoms with van der Waals surface area (Å²) in [5.41, 5.74) is 0. The second-order valence-electron chi connectivity index (χ2n) is 4.77. The van der Waals surface area contributed by atoms with Crippen LogP contribution in [0.2, 0.25) is 0 Å². The second-order valence-corrected chi connectivity index (χ2v) is 4.77. The molecule has 0 bridgehead atoms. The van der Waals surface area contributed by atoms with E-state index in [9.17, 15) is 4.79 Å². The summed E-state index contributed by atoms with van der Waals surface area (Å²) in [5, 5.41) is 0. The molecule has 0 N–H and O–H groups in total. The first kappa shape index (κ1) is 14.5. The zero-order valence-corrected chi connectivity index (χ0v) is 11.4. The van der Waals surface area contributed by atoms with Crippen LogP contribution in [0.15, 0.2) is 0 Å². The smallest absolute Gasteiger partial charge is 0.307 e. The highest BCUT2D eigenvalue weighted by Crippen LogP contribution is 2.12. The highest BCUT2D eigenvalue weighted by molar-refractivity contribution is 5.69. The van der Waals surface area contributed by atoms with Crippen LogP contribution in [-0.2, 0) is 9.53 Å². The first-order chi connectivity index (χ1) is 8.17. The Hall–Kier alpha value is -0.610. The lowest BCUT2D eigenvalue weighted by Crippen LogP contribution is -2.40. The molecule has 1 fully saturated rings. The van der Waals surface area contributed by atoms with Gasteiger partial charge in [-0.15, -0.1) is 0 Å². The molecule has 1 aliphatic heterocycles. The van der Waals surface area contributed by atoms with Crippen molar-refractivity contribution in [2.75, 3.05) is 39.8 Å². The molecule has 1 rings (SSSR count). The van der Waals surface area contributed by atoms with Gasteiger partial charge in [-0.2, -0.15) is 0 Å². The Labute approximate surface area is 105 Å². The highest BCUT2D eigenvalue weighted by Gasteiger charge is 2.22. The normalized spacial score (nSPS) is 23.4. The first-order valence-corrected chi connectivity index (χ1v) is 6.75. The van der Waals surface area contributed by atoms with E-state index < -0.39 is 0 Å². The van der Waals surface area contributed by atoms with E-state index in [1.54, 1.807) is 0 Å². The maximum absolute atomic E-state index is 11.4. The van der Waals surface area contributed by atoms with Crippen molar-refractivity contribution in [3.63, 3.8) is 0 Å². The minimum absolute atomic E-state index is 0.0695. The van der Waals surface area contributed by atoms with Gasteiger partial charge in [-0.3, -0.25) is 9.69 Å². The average molecular weight is 242 g/mol. The Morgan fingerprint density at radius 2 is 2.12 bits per heavy atom. The van der Waals surface area contributed by atoms with E-state index in [-0.39, 0.29) is 5.97 Å². The summed E-state index contributed by atoms with van der Waals surface area (Å²) in [6, 6.07) is 0.580. The summed E-state index contributed by atoms with van der Waals surface area (Å²) >= 11 is 0. The van der Waals surface area contributed by atoms with Gasteiger partial charge < -0.3 is 9.64 Å². The maximum atomic E-state index is 11.4. The quantitative estimate of drug-likeness (QED) is 0.681. The number of carbonyl (C=O) groups is 1. The van der Waals surface area contributed by atoms with Crippen LogP contribution in [0.3, 0.4) is 0 Å². The number of rotatable bonds is 5. The lowest BCUT2D eigenvalue weighted by Gasteiger charge is -2.29. The Balaban J connectivity index is 2.40. The van der Waals surface area contributed by atoms with E-state index in [2.05, 4.69) is 23.8 Å². The summed E-state index contributed by atoms with van der Waals surface area (Å²) in [6.45, 7) is 8.77. The van der Waals surface area contributed by atoms with E-state index in [0.29, 0.717) is 19.1 Å². The van der Waals surface area contributed by atoms with E-state index in [0.717, 1.165) is 32.6 Å². The lowest BCUT2D eigenvalue weighted by molar-refractivity contribution is -0.143. The zero-order chi connectivity index (χ0) is 12.7. The van der Waals surface area contributed by atoms with Crippen molar-refractivity contribution in [3.05, 3.63) is 0 Å². The van der Waals surface area contributed by atoms with Crippen molar-refractivity contribution in [3.8, 4) is 0 Å². The molecule has 0 aliphatic carbocycles. The number of ether oxygens (including phenoxy) is 1. The molecule has 4 nitrogen and oxygen atoms in total. The Morgan fingerprint density at radius 1 is 1.35 bits per heavy atom. The van der Waals surface area contributed by atoms with E-state index in [4.69, 9.17) is 4.74 Å². The molecule has 0 aromatic rings. The summed E-state index contributed by atoms with van der Waals surface area (Å²) in [5.74, 6) is -0.0695. The molecule has 1 aliphatic rings. The van der Waals surface area contributed by atoms with Crippen LogP contribution < -0.4 is 0 Å². The van der Waals surface area contributed by atoms with Crippen LogP contribution in [0.4, 0.5) is 0 Å². The van der Waals surface area contributed by atoms with Crippen LogP contribution in [0.1, 0.15) is 33.1 Å². The highest BCUT2D eigenvalue weighted by atomic mass is 16.5. The zero-order valence-electron chi connectivity index (χ0n) is 11.4. The number of carbonyl (C=O) groups excluding carboxylic acids is 1. The number of nitrogens with zero attached hydrogens (tertiary/aromatic N) is 2. The SMILES string of the molecule is CCOC(=O)CCN1CCCN(C)CC1CC. The average Bonchev–Trinajstić information content (AvgIpc) is 2.48. The van der Waals surface area contributed by atoms with Gasteiger partial charge in [0.05, 0.1) is 13.0 Å². The predicted molar refractivity (Wildman–Crippen MR) is 69.0 cm³/mol. The van der Waals surface area contributed by atoms with Crippen LogP contribution in [-0.4, -0.2) is 61.6 Å². The first-order valence-electron chi connectivity index (χ1n) is 6.75. The summed E-state index contributed by atoms with van der Waals surface area (Å²) < 4.78 is 4.98. The van der Waals surface area contributed by atoms with Crippen LogP contribution in [0.5, 0.6) is 0 Å². The lowest BCUT2D eigenvalue weighted by atomic mass is 10.2. The molecule has 1 atom stereocenters. The number of hydrogen-bond acceptors (Lipinski definition) is 4. The van der Waals surface area contributed by atoms with Gasteiger partial charge in [-0.25, -0.2) is 0 Å². The van der Waals surface area contributed by atoms with Crippen molar-refractivity contribution < 1.29 is 9.53 Å². The van der Waals surface area contributed by atoms with Gasteiger partial charge in [-0.05, 0) is 39.9 Å². The van der Waals surface area contributed by atoms with Gasteiger partial charge in [0.15, 0.2) is 0 Å². The molecule has 0 radical (unpaired) electrons. The Kier molecular flexibility index (Phi) is 6.52. The summed E-state index contributed by atoms with van der Waals surface area (Å²) in [7, 11) is 2.18. The van der Waals surface area contributed by atoms with Crippen LogP contribution >= 0.6 is 0 Å². The Bertz CT molecular complexity index is 233. The molecule has 1 saturated heterocycles. The molecule has 1 heterocycles. The maximum Gasteiger partial charge on any atom is 0.307 e. The largest absolute Gasteiger partial charge is 0.466 e. The third-order valence-corrected chi connectivity index (χ3v) is 3.40. The standard InChI is InChI=1S/C13H26N2O2/c1-4-12-11-14(3)8-6-9-15(12)10-7-13(16)17-5-2/h12H,4-11H2,1-3H3. The van der Waals surface area contributed by atoms with Crippen molar-refractivity contribution in [1.82, 2.24) is 9.80 Å². The van der Waals surface area contributed by atoms with Crippen molar-refractivity contribution >= 4 is 5.97 Å². The fraction of sp³-hybridized carbons (Fsp3) is 0.923. The molecule has 0 spiro atoms. The minimum atomic E-state index is -0.0695. The fourth-order valence-electron chi connectivity index (χ4n) is 2.44. The van der Waals surface area contributed by atoms with Gasteiger partial charge >= 0.3 is 5.97 Å². The predicted octanol–water partition coefficient (Wildman–Crippen LogP) is 1.36. The topological polar surface area (TPSA) is 32.8 Å². The van der Waals surface area contributed by atoms with Gasteiger partial charge in [0.25, 0.3) is 0 Å². The van der Waals surface area contributed by atoms with Gasteiger partial charge in [0.1, 0.15) is 0 Å². The van der Waals surface area contributed by atoms with E-state index >= 15 is 0 Å². The third-order valence-electron chi connectivity index (χ3n) is 3.40. The monoisotopic (exact) mass is 242 g/mol. The summed E-state index contributed by atoms with van der Waals surface area (Å²) in [4.78, 5) is 16.2. The van der Waals surface area contributed by atoms with Crippen molar-refractivity contribution in [2.24, 2.45) is 0 Å². The molecular formula is C13H26N2O2. The second kappa shape index (κ2) is 7.67. The molecule has 0 saturated carbocycles. The number of likely N-dealkylation sites (N-methyl/N-ethyl adjacent to an activating group) is 1. The molecule has 0 aromatic carbocycles. The minimum Gasteiger partial charge on any atom is -0.466 e. The van der Waals surface area contributed by atoms with Crippen molar-refractivity contribution in [1.29, 1.82) is 0 Å². The molecule has 0 amide bonds. The summed E-state index contributed by atoms with van der Waals surface area (Å²) in [6.07, 6.45) is 2.86.